The van der Waals surface area contributed by atoms with Crippen LogP contribution in [0.3, 0.4) is 0 Å². The largest absolute Gasteiger partial charge is 0.310 e. The third kappa shape index (κ3) is 4.06. The van der Waals surface area contributed by atoms with Gasteiger partial charge in [0.05, 0.1) is 4.47 Å². The van der Waals surface area contributed by atoms with E-state index in [1.807, 2.05) is 24.3 Å². The first-order valence-electron chi connectivity index (χ1n) is 6.95. The molecule has 0 saturated heterocycles. The van der Waals surface area contributed by atoms with Crippen LogP contribution in [0.2, 0.25) is 5.02 Å². The molecule has 2 aromatic rings. The molecule has 2 rings (SSSR count). The second-order valence-corrected chi connectivity index (χ2v) is 6.26. The molecule has 21 heavy (non-hydrogen) atoms. The first-order chi connectivity index (χ1) is 10.0. The Morgan fingerprint density at radius 3 is 2.76 bits per heavy atom. The molecule has 0 amide bonds. The molecular formula is C17H18BrClFN. The Morgan fingerprint density at radius 2 is 2.05 bits per heavy atom. The van der Waals surface area contributed by atoms with Gasteiger partial charge in [0.2, 0.25) is 0 Å². The Balaban J connectivity index is 2.35. The quantitative estimate of drug-likeness (QED) is 0.738. The minimum Gasteiger partial charge on any atom is -0.310 e. The maximum atomic E-state index is 13.7. The van der Waals surface area contributed by atoms with E-state index in [1.165, 1.54) is 11.6 Å². The topological polar surface area (TPSA) is 12.0 Å². The first-order valence-corrected chi connectivity index (χ1v) is 8.12. The van der Waals surface area contributed by atoms with Crippen LogP contribution in [-0.2, 0) is 6.42 Å². The molecule has 0 heterocycles. The van der Waals surface area contributed by atoms with Crippen molar-refractivity contribution in [2.75, 3.05) is 6.54 Å². The lowest BCUT2D eigenvalue weighted by Gasteiger charge is -2.21. The molecular weight excluding hydrogens is 353 g/mol. The van der Waals surface area contributed by atoms with Gasteiger partial charge in [-0.05, 0) is 70.7 Å². The van der Waals surface area contributed by atoms with Crippen LogP contribution in [-0.4, -0.2) is 6.54 Å². The average Bonchev–Trinajstić information content (AvgIpc) is 2.46. The molecule has 1 atom stereocenters. The normalized spacial score (nSPS) is 12.4. The van der Waals surface area contributed by atoms with Gasteiger partial charge in [0.15, 0.2) is 0 Å². The van der Waals surface area contributed by atoms with Crippen LogP contribution in [0.1, 0.15) is 29.7 Å². The number of nitrogens with one attached hydrogen (secondary N) is 1. The summed E-state index contributed by atoms with van der Waals surface area (Å²) in [5.41, 5.74) is 3.28. The smallest absolute Gasteiger partial charge is 0.137 e. The fraction of sp³-hybridized carbons (Fsp3) is 0.294. The number of benzene rings is 2. The number of hydrogen-bond donors (Lipinski definition) is 1. The van der Waals surface area contributed by atoms with Crippen LogP contribution in [0.5, 0.6) is 0 Å². The van der Waals surface area contributed by atoms with E-state index in [2.05, 4.69) is 35.1 Å². The number of rotatable bonds is 5. The van der Waals surface area contributed by atoms with Gasteiger partial charge in [-0.1, -0.05) is 36.7 Å². The highest BCUT2D eigenvalue weighted by atomic mass is 79.9. The summed E-state index contributed by atoms with van der Waals surface area (Å²) >= 11 is 9.46. The van der Waals surface area contributed by atoms with Crippen molar-refractivity contribution in [1.82, 2.24) is 5.32 Å². The van der Waals surface area contributed by atoms with E-state index in [1.54, 1.807) is 6.07 Å². The molecule has 0 bridgehead atoms. The van der Waals surface area contributed by atoms with Gasteiger partial charge in [0.1, 0.15) is 5.82 Å². The van der Waals surface area contributed by atoms with Gasteiger partial charge in [0, 0.05) is 11.1 Å². The zero-order chi connectivity index (χ0) is 15.4. The Morgan fingerprint density at radius 1 is 1.29 bits per heavy atom. The summed E-state index contributed by atoms with van der Waals surface area (Å²) in [6, 6.07) is 11.1. The highest BCUT2D eigenvalue weighted by molar-refractivity contribution is 9.10. The van der Waals surface area contributed by atoms with Crippen molar-refractivity contribution in [3.63, 3.8) is 0 Å². The Labute approximate surface area is 138 Å². The SMILES string of the molecule is CCNC(Cc1cccc(F)c1Br)c1cc(Cl)ccc1C. The standard InChI is InChI=1S/C17H18BrClFN/c1-3-21-16(14-10-13(19)8-7-11(14)2)9-12-5-4-6-15(20)17(12)18/h4-8,10,16,21H,3,9H2,1-2H3. The van der Waals surface area contributed by atoms with Gasteiger partial charge in [-0.3, -0.25) is 0 Å². The van der Waals surface area contributed by atoms with Crippen LogP contribution in [0.4, 0.5) is 4.39 Å². The van der Waals surface area contributed by atoms with Crippen molar-refractivity contribution < 1.29 is 4.39 Å². The fourth-order valence-electron chi connectivity index (χ4n) is 2.45. The molecule has 0 aliphatic heterocycles. The van der Waals surface area contributed by atoms with Gasteiger partial charge >= 0.3 is 0 Å². The molecule has 1 unspecified atom stereocenters. The van der Waals surface area contributed by atoms with Crippen molar-refractivity contribution >= 4 is 27.5 Å². The second kappa shape index (κ2) is 7.39. The summed E-state index contributed by atoms with van der Waals surface area (Å²) in [7, 11) is 0. The van der Waals surface area contributed by atoms with Gasteiger partial charge in [0.25, 0.3) is 0 Å². The number of aryl methyl sites for hydroxylation is 1. The summed E-state index contributed by atoms with van der Waals surface area (Å²) in [6.45, 7) is 4.97. The molecule has 112 valence electrons. The van der Waals surface area contributed by atoms with Gasteiger partial charge < -0.3 is 5.32 Å². The van der Waals surface area contributed by atoms with Crippen molar-refractivity contribution in [1.29, 1.82) is 0 Å². The van der Waals surface area contributed by atoms with Crippen LogP contribution in [0.15, 0.2) is 40.9 Å². The minimum absolute atomic E-state index is 0.104. The van der Waals surface area contributed by atoms with E-state index in [0.717, 1.165) is 22.7 Å². The molecule has 0 spiro atoms. The van der Waals surface area contributed by atoms with Crippen LogP contribution >= 0.6 is 27.5 Å². The average molecular weight is 371 g/mol. The van der Waals surface area contributed by atoms with Crippen molar-refractivity contribution in [2.45, 2.75) is 26.3 Å². The fourth-order valence-corrected chi connectivity index (χ4v) is 3.06. The number of likely N-dealkylation sites (N-methyl/N-ethyl adjacent to an activating group) is 1. The molecule has 1 N–H and O–H groups in total. The first kappa shape index (κ1) is 16.5. The molecule has 4 heteroatoms. The third-order valence-corrected chi connectivity index (χ3v) is 4.65. The summed E-state index contributed by atoms with van der Waals surface area (Å²) < 4.78 is 14.2. The van der Waals surface area contributed by atoms with Gasteiger partial charge in [-0.2, -0.15) is 0 Å². The lowest BCUT2D eigenvalue weighted by Crippen LogP contribution is -2.24. The van der Waals surface area contributed by atoms with E-state index in [0.29, 0.717) is 10.9 Å². The lowest BCUT2D eigenvalue weighted by molar-refractivity contribution is 0.542. The summed E-state index contributed by atoms with van der Waals surface area (Å²) in [5, 5.41) is 4.18. The van der Waals surface area contributed by atoms with Crippen molar-refractivity contribution in [3.05, 3.63) is 68.4 Å². The van der Waals surface area contributed by atoms with Crippen molar-refractivity contribution in [2.24, 2.45) is 0 Å². The Kier molecular flexibility index (Phi) is 5.80. The maximum Gasteiger partial charge on any atom is 0.137 e. The van der Waals surface area contributed by atoms with Crippen molar-refractivity contribution in [3.8, 4) is 0 Å². The van der Waals surface area contributed by atoms with E-state index < -0.39 is 0 Å². The van der Waals surface area contributed by atoms with Crippen LogP contribution in [0, 0.1) is 12.7 Å². The number of hydrogen-bond acceptors (Lipinski definition) is 1. The Bertz CT molecular complexity index is 630. The van der Waals surface area contributed by atoms with E-state index >= 15 is 0 Å². The maximum absolute atomic E-state index is 13.7. The van der Waals surface area contributed by atoms with Crippen LogP contribution < -0.4 is 5.32 Å². The Hall–Kier alpha value is -0.900. The molecule has 2 aromatic carbocycles. The zero-order valence-corrected chi connectivity index (χ0v) is 14.4. The molecule has 0 radical (unpaired) electrons. The monoisotopic (exact) mass is 369 g/mol. The van der Waals surface area contributed by atoms with Gasteiger partial charge in [-0.25, -0.2) is 4.39 Å². The summed E-state index contributed by atoms with van der Waals surface area (Å²) in [6.07, 6.45) is 0.702. The molecule has 1 nitrogen and oxygen atoms in total. The molecule has 0 aliphatic rings. The highest BCUT2D eigenvalue weighted by Crippen LogP contribution is 2.28. The molecule has 0 saturated carbocycles. The van der Waals surface area contributed by atoms with Crippen LogP contribution in [0.25, 0.3) is 0 Å². The summed E-state index contributed by atoms with van der Waals surface area (Å²) in [5.74, 6) is -0.231. The molecule has 0 aromatic heterocycles. The second-order valence-electron chi connectivity index (χ2n) is 5.03. The van der Waals surface area contributed by atoms with E-state index in [-0.39, 0.29) is 11.9 Å². The minimum atomic E-state index is -0.231. The van der Waals surface area contributed by atoms with Gasteiger partial charge in [-0.15, -0.1) is 0 Å². The van der Waals surface area contributed by atoms with E-state index in [9.17, 15) is 4.39 Å². The highest BCUT2D eigenvalue weighted by Gasteiger charge is 2.16. The third-order valence-electron chi connectivity index (χ3n) is 3.52. The van der Waals surface area contributed by atoms with E-state index in [4.69, 9.17) is 11.6 Å². The molecule has 0 aliphatic carbocycles. The zero-order valence-electron chi connectivity index (χ0n) is 12.1. The lowest BCUT2D eigenvalue weighted by atomic mass is 9.95. The predicted molar refractivity (Wildman–Crippen MR) is 90.4 cm³/mol. The molecule has 0 fully saturated rings. The summed E-state index contributed by atoms with van der Waals surface area (Å²) in [4.78, 5) is 0. The predicted octanol–water partition coefficient (Wildman–Crippen LogP) is 5.44. The number of halogens is 3.